The van der Waals surface area contributed by atoms with Gasteiger partial charge in [-0.25, -0.2) is 9.59 Å². The van der Waals surface area contributed by atoms with Gasteiger partial charge in [-0.15, -0.1) is 0 Å². The van der Waals surface area contributed by atoms with Crippen molar-refractivity contribution in [2.45, 2.75) is 53.4 Å². The average Bonchev–Trinajstić information content (AvgIpc) is 2.80. The first-order valence-electron chi connectivity index (χ1n) is 11.9. The summed E-state index contributed by atoms with van der Waals surface area (Å²) >= 11 is 0. The molecular formula is C24H42N4O4. The normalized spacial score (nSPS) is 10.9. The molecule has 0 spiro atoms. The molecule has 0 unspecified atom stereocenters. The number of unbranched alkanes of at least 4 members (excludes halogenated alkanes) is 2. The zero-order valence-electron chi connectivity index (χ0n) is 20.3. The molecule has 8 nitrogen and oxygen atoms in total. The van der Waals surface area contributed by atoms with Gasteiger partial charge >= 0.3 is 12.2 Å². The number of carbonyl (C=O) groups excluding carboxylic acids is 2. The highest BCUT2D eigenvalue weighted by Crippen LogP contribution is 2.14. The number of rotatable bonds is 16. The fourth-order valence-electron chi connectivity index (χ4n) is 3.23. The first kappa shape index (κ1) is 27.7. The van der Waals surface area contributed by atoms with E-state index in [1.807, 2.05) is 0 Å². The Kier molecular flexibility index (Phi) is 14.9. The van der Waals surface area contributed by atoms with Crippen LogP contribution < -0.4 is 10.6 Å². The maximum absolute atomic E-state index is 11.9. The number of nitrogens with zero attached hydrogens (tertiary/aromatic N) is 2. The fourth-order valence-corrected chi connectivity index (χ4v) is 3.23. The van der Waals surface area contributed by atoms with E-state index >= 15 is 0 Å². The van der Waals surface area contributed by atoms with Crippen LogP contribution in [-0.4, -0.2) is 74.5 Å². The topological polar surface area (TPSA) is 83.1 Å². The summed E-state index contributed by atoms with van der Waals surface area (Å²) in [6.45, 7) is 15.6. The Bertz CT molecular complexity index is 576. The van der Waals surface area contributed by atoms with Crippen molar-refractivity contribution in [3.63, 3.8) is 0 Å². The van der Waals surface area contributed by atoms with Gasteiger partial charge in [-0.3, -0.25) is 10.6 Å². The van der Waals surface area contributed by atoms with E-state index in [-0.39, 0.29) is 0 Å². The quantitative estimate of drug-likeness (QED) is 0.344. The first-order valence-corrected chi connectivity index (χ1v) is 11.9. The van der Waals surface area contributed by atoms with Gasteiger partial charge in [0.1, 0.15) is 0 Å². The second-order valence-electron chi connectivity index (χ2n) is 7.57. The summed E-state index contributed by atoms with van der Waals surface area (Å²) < 4.78 is 10.4. The van der Waals surface area contributed by atoms with Gasteiger partial charge in [-0.05, 0) is 89.2 Å². The van der Waals surface area contributed by atoms with Crippen molar-refractivity contribution in [1.82, 2.24) is 9.80 Å². The Labute approximate surface area is 193 Å². The highest BCUT2D eigenvalue weighted by molar-refractivity contribution is 5.87. The third kappa shape index (κ3) is 12.5. The van der Waals surface area contributed by atoms with E-state index in [0.29, 0.717) is 24.6 Å². The smallest absolute Gasteiger partial charge is 0.411 e. The molecule has 1 aromatic carbocycles. The maximum Gasteiger partial charge on any atom is 0.411 e. The Hall–Kier alpha value is -2.32. The molecular weight excluding hydrogens is 408 g/mol. The van der Waals surface area contributed by atoms with Crippen molar-refractivity contribution in [3.05, 3.63) is 24.3 Å². The van der Waals surface area contributed by atoms with E-state index in [1.54, 1.807) is 24.3 Å². The molecule has 0 aromatic heterocycles. The molecule has 8 heteroatoms. The van der Waals surface area contributed by atoms with Gasteiger partial charge in [0.05, 0.1) is 13.2 Å². The predicted molar refractivity (Wildman–Crippen MR) is 130 cm³/mol. The van der Waals surface area contributed by atoms with E-state index in [2.05, 4.69) is 48.1 Å². The van der Waals surface area contributed by atoms with Gasteiger partial charge in [-0.1, -0.05) is 27.7 Å². The van der Waals surface area contributed by atoms with Crippen molar-refractivity contribution in [3.8, 4) is 0 Å². The Morgan fingerprint density at radius 2 is 1.00 bits per heavy atom. The van der Waals surface area contributed by atoms with Crippen LogP contribution in [0.15, 0.2) is 24.3 Å². The molecule has 0 radical (unpaired) electrons. The number of carbonyl (C=O) groups is 2. The average molecular weight is 451 g/mol. The molecule has 0 aliphatic heterocycles. The molecule has 0 saturated heterocycles. The number of ether oxygens (including phenoxy) is 2. The molecule has 1 aromatic rings. The third-order valence-electron chi connectivity index (χ3n) is 5.37. The molecule has 2 amide bonds. The van der Waals surface area contributed by atoms with Crippen LogP contribution in [0.3, 0.4) is 0 Å². The largest absolute Gasteiger partial charge is 0.449 e. The Balaban J connectivity index is 2.20. The van der Waals surface area contributed by atoms with Crippen molar-refractivity contribution in [1.29, 1.82) is 0 Å². The van der Waals surface area contributed by atoms with Crippen molar-refractivity contribution >= 4 is 23.6 Å². The van der Waals surface area contributed by atoms with E-state index < -0.39 is 12.2 Å². The fraction of sp³-hybridized carbons (Fsp3) is 0.667. The zero-order valence-corrected chi connectivity index (χ0v) is 20.3. The van der Waals surface area contributed by atoms with Gasteiger partial charge in [0.2, 0.25) is 0 Å². The lowest BCUT2D eigenvalue weighted by Crippen LogP contribution is -2.24. The molecule has 0 aliphatic carbocycles. The summed E-state index contributed by atoms with van der Waals surface area (Å²) in [4.78, 5) is 28.5. The Morgan fingerprint density at radius 1 is 0.656 bits per heavy atom. The van der Waals surface area contributed by atoms with Crippen LogP contribution in [0.4, 0.5) is 21.0 Å². The van der Waals surface area contributed by atoms with Gasteiger partial charge in [0, 0.05) is 11.4 Å². The molecule has 32 heavy (non-hydrogen) atoms. The third-order valence-corrected chi connectivity index (χ3v) is 5.37. The van der Waals surface area contributed by atoms with Gasteiger partial charge in [0.15, 0.2) is 0 Å². The number of amides is 2. The predicted octanol–water partition coefficient (Wildman–Crippen LogP) is 5.03. The zero-order chi connectivity index (χ0) is 23.6. The summed E-state index contributed by atoms with van der Waals surface area (Å²) in [7, 11) is 0. The van der Waals surface area contributed by atoms with Crippen LogP contribution >= 0.6 is 0 Å². The monoisotopic (exact) mass is 450 g/mol. The lowest BCUT2D eigenvalue weighted by molar-refractivity contribution is 0.156. The summed E-state index contributed by atoms with van der Waals surface area (Å²) in [5.41, 5.74) is 1.21. The van der Waals surface area contributed by atoms with Crippen LogP contribution in [0.5, 0.6) is 0 Å². The molecule has 0 bridgehead atoms. The highest BCUT2D eigenvalue weighted by Gasteiger charge is 2.06. The van der Waals surface area contributed by atoms with Crippen LogP contribution in [0.25, 0.3) is 0 Å². The van der Waals surface area contributed by atoms with Crippen LogP contribution in [0, 0.1) is 0 Å². The standard InChI is InChI=1S/C24H42N4O4/c1-5-27(6-2)17-9-11-19-31-23(29)25-21-13-15-22(16-14-21)26-24(30)32-20-12-10-18-28(7-3)8-4/h13-16H,5-12,17-20H2,1-4H3,(H,25,29)(H,26,30). The molecule has 0 heterocycles. The highest BCUT2D eigenvalue weighted by atomic mass is 16.6. The van der Waals surface area contributed by atoms with Crippen molar-refractivity contribution in [2.24, 2.45) is 0 Å². The Morgan fingerprint density at radius 3 is 1.31 bits per heavy atom. The minimum Gasteiger partial charge on any atom is -0.449 e. The SMILES string of the molecule is CCN(CC)CCCCOC(=O)Nc1ccc(NC(=O)OCCCCN(CC)CC)cc1. The molecule has 2 N–H and O–H groups in total. The van der Waals surface area contributed by atoms with Crippen LogP contribution in [-0.2, 0) is 9.47 Å². The van der Waals surface area contributed by atoms with E-state index in [0.717, 1.165) is 65.0 Å². The number of hydrogen-bond donors (Lipinski definition) is 2. The van der Waals surface area contributed by atoms with E-state index in [4.69, 9.17) is 9.47 Å². The van der Waals surface area contributed by atoms with Crippen LogP contribution in [0.1, 0.15) is 53.4 Å². The van der Waals surface area contributed by atoms with Gasteiger partial charge in [0.25, 0.3) is 0 Å². The van der Waals surface area contributed by atoms with E-state index in [1.165, 1.54) is 0 Å². The van der Waals surface area contributed by atoms with Crippen molar-refractivity contribution in [2.75, 3.05) is 63.1 Å². The molecule has 0 aliphatic rings. The lowest BCUT2D eigenvalue weighted by atomic mass is 10.3. The van der Waals surface area contributed by atoms with Gasteiger partial charge < -0.3 is 19.3 Å². The van der Waals surface area contributed by atoms with Crippen LogP contribution in [0.2, 0.25) is 0 Å². The van der Waals surface area contributed by atoms with Crippen molar-refractivity contribution < 1.29 is 19.1 Å². The molecule has 1 rings (SSSR count). The summed E-state index contributed by atoms with van der Waals surface area (Å²) in [6, 6.07) is 6.84. The summed E-state index contributed by atoms with van der Waals surface area (Å²) in [5.74, 6) is 0. The summed E-state index contributed by atoms with van der Waals surface area (Å²) in [6.07, 6.45) is 2.73. The van der Waals surface area contributed by atoms with Gasteiger partial charge in [-0.2, -0.15) is 0 Å². The number of anilines is 2. The number of benzene rings is 1. The lowest BCUT2D eigenvalue weighted by Gasteiger charge is -2.17. The minimum atomic E-state index is -0.474. The summed E-state index contributed by atoms with van der Waals surface area (Å²) in [5, 5.41) is 5.38. The van der Waals surface area contributed by atoms with E-state index in [9.17, 15) is 9.59 Å². The molecule has 182 valence electrons. The number of nitrogens with one attached hydrogen (secondary N) is 2. The molecule has 0 fully saturated rings. The maximum atomic E-state index is 11.9. The second-order valence-corrected chi connectivity index (χ2v) is 7.57. The molecule has 0 saturated carbocycles. The minimum absolute atomic E-state index is 0.396. The number of hydrogen-bond acceptors (Lipinski definition) is 6. The second kappa shape index (κ2) is 17.3. The molecule has 0 atom stereocenters. The first-order chi connectivity index (χ1) is 15.5.